The van der Waals surface area contributed by atoms with Gasteiger partial charge in [-0.1, -0.05) is 130 Å². The molecule has 0 amide bonds. The molecule has 3 unspecified atom stereocenters. The van der Waals surface area contributed by atoms with Crippen molar-refractivity contribution in [3.8, 4) is 0 Å². The van der Waals surface area contributed by atoms with Crippen LogP contribution in [0, 0.1) is 5.92 Å². The summed E-state index contributed by atoms with van der Waals surface area (Å²) in [6.45, 7) is 1.22. The lowest BCUT2D eigenvalue weighted by Gasteiger charge is -2.36. The number of rotatable bonds is 22. The van der Waals surface area contributed by atoms with Gasteiger partial charge in [0.15, 0.2) is 12.4 Å². The maximum Gasteiger partial charge on any atom is 0.481 e. The van der Waals surface area contributed by atoms with Crippen LogP contribution in [0.2, 0.25) is 0 Å². The summed E-state index contributed by atoms with van der Waals surface area (Å²) < 4.78 is 64.7. The van der Waals surface area contributed by atoms with E-state index in [4.69, 9.17) is 33.7 Å². The highest BCUT2D eigenvalue weighted by atomic mass is 31.3. The van der Waals surface area contributed by atoms with Gasteiger partial charge in [0.05, 0.1) is 25.4 Å². The van der Waals surface area contributed by atoms with Gasteiger partial charge in [0.1, 0.15) is 43.1 Å². The molecule has 1 saturated heterocycles. The minimum absolute atomic E-state index is 0.136. The third-order valence-electron chi connectivity index (χ3n) is 12.0. The van der Waals surface area contributed by atoms with E-state index in [0.29, 0.717) is 19.3 Å². The maximum atomic E-state index is 13.4. The largest absolute Gasteiger partial charge is 0.481 e. The quantitative estimate of drug-likeness (QED) is 0.0244. The molecule has 22 nitrogen and oxygen atoms in total. The predicted octanol–water partition coefficient (Wildman–Crippen LogP) is 7.33. The second kappa shape index (κ2) is 38.2. The summed E-state index contributed by atoms with van der Waals surface area (Å²) in [5.74, 6) is -2.99. The van der Waals surface area contributed by atoms with Gasteiger partial charge in [-0.05, 0) is 76.7 Å². The smallest absolute Gasteiger partial charge is 0.462 e. The van der Waals surface area contributed by atoms with Gasteiger partial charge in [-0.15, -0.1) is 0 Å². The standard InChI is InChI=1S/C54H83N3O19P2/c1-3-5-7-8-9-10-11-12-13-14-15-16-17-18-19-20-21-22-28-32-49(61)73-42-38-70-48(60)31-27-24-23-26-30-43-44(59)37-50(62)74-45(34-33-41(58)29-25-6-4-2)51(63)52(64)46(40-72-78(68,69)76-77(66,67)71-39-42)75-53(43)57-36-35-47(55)56-54(57)65/h5,7,9-10,12-13,15-16,18-19,21-23,26,33-36,41-46,50-53,58-59,62-64H,3-4,6,8,11,14,17,20,24-25,27-32,37-40H2,1-2H3,(H,66,67)(H,68,69)(H2,55,56,65)/b7-5-,10-9-,13-12-,16-15-,19-18-,22-21-,26-23?,34-33+/t41-,42+,43-,44-,45+,46+,50?,51-,52+,53+/m0/s1. The number of unbranched alkanes of at least 4 members (excludes halogenated alkanes) is 2. The molecule has 1 aromatic heterocycles. The molecule has 2 bridgehead atoms. The van der Waals surface area contributed by atoms with Crippen molar-refractivity contribution >= 4 is 33.4 Å². The summed E-state index contributed by atoms with van der Waals surface area (Å²) >= 11 is 0. The van der Waals surface area contributed by atoms with Gasteiger partial charge in [-0.3, -0.25) is 23.2 Å². The number of nitrogen functional groups attached to an aromatic ring is 1. The summed E-state index contributed by atoms with van der Waals surface area (Å²) in [6.07, 6.45) is 23.3. The zero-order chi connectivity index (χ0) is 57.2. The van der Waals surface area contributed by atoms with Crippen LogP contribution in [0.4, 0.5) is 5.82 Å². The van der Waals surface area contributed by atoms with E-state index in [1.807, 2.05) is 25.2 Å². The average Bonchev–Trinajstić information content (AvgIpc) is 3.40. The second-order valence-corrected chi connectivity index (χ2v) is 21.6. The third-order valence-corrected chi connectivity index (χ3v) is 14.6. The molecule has 0 radical (unpaired) electrons. The molecule has 3 heterocycles. The van der Waals surface area contributed by atoms with E-state index in [-0.39, 0.29) is 44.3 Å². The number of aliphatic hydroxyl groups excluding tert-OH is 5. The first kappa shape index (κ1) is 67.8. The van der Waals surface area contributed by atoms with Crippen molar-refractivity contribution in [1.29, 1.82) is 0 Å². The fraction of sp³-hybridized carbons (Fsp3) is 0.593. The lowest BCUT2D eigenvalue weighted by Crippen LogP contribution is -2.49. The number of ether oxygens (including phenoxy) is 4. The molecule has 3 rings (SSSR count). The van der Waals surface area contributed by atoms with Crippen molar-refractivity contribution in [3.63, 3.8) is 0 Å². The number of anilines is 1. The molecule has 24 heteroatoms. The van der Waals surface area contributed by atoms with Crippen LogP contribution in [0.5, 0.6) is 0 Å². The fourth-order valence-electron chi connectivity index (χ4n) is 7.78. The number of aromatic nitrogens is 2. The Morgan fingerprint density at radius 2 is 1.45 bits per heavy atom. The number of fused-ring (bicyclic) bond motifs is 3. The molecule has 438 valence electrons. The Morgan fingerprint density at radius 1 is 0.833 bits per heavy atom. The van der Waals surface area contributed by atoms with Gasteiger partial charge >= 0.3 is 33.3 Å². The molecule has 1 aromatic rings. The Hall–Kier alpha value is -4.48. The van der Waals surface area contributed by atoms with Crippen molar-refractivity contribution in [3.05, 3.63) is 120 Å². The van der Waals surface area contributed by atoms with Crippen LogP contribution in [0.3, 0.4) is 0 Å². The average molecular weight is 1140 g/mol. The van der Waals surface area contributed by atoms with Gasteiger partial charge < -0.3 is 60.0 Å². The first-order chi connectivity index (χ1) is 37.3. The number of nitrogens with two attached hydrogens (primary N) is 1. The zero-order valence-electron chi connectivity index (χ0n) is 44.7. The van der Waals surface area contributed by atoms with Crippen LogP contribution < -0.4 is 11.4 Å². The van der Waals surface area contributed by atoms with E-state index in [2.05, 4.69) is 64.8 Å². The van der Waals surface area contributed by atoms with Gasteiger partial charge in [-0.2, -0.15) is 9.29 Å². The van der Waals surface area contributed by atoms with E-state index in [1.165, 1.54) is 18.2 Å². The number of cyclic esters (lactones) is 1. The Balaban J connectivity index is 1.79. The highest BCUT2D eigenvalue weighted by Gasteiger charge is 2.44. The summed E-state index contributed by atoms with van der Waals surface area (Å²) in [5, 5.41) is 56.9. The van der Waals surface area contributed by atoms with E-state index < -0.39 is 121 Å². The molecule has 0 aliphatic carbocycles. The number of allylic oxidation sites excluding steroid dienone is 14. The van der Waals surface area contributed by atoms with Gasteiger partial charge in [0.2, 0.25) is 0 Å². The zero-order valence-corrected chi connectivity index (χ0v) is 46.5. The van der Waals surface area contributed by atoms with Crippen molar-refractivity contribution in [2.75, 3.05) is 25.6 Å². The van der Waals surface area contributed by atoms with Crippen molar-refractivity contribution < 1.29 is 86.3 Å². The summed E-state index contributed by atoms with van der Waals surface area (Å²) in [7, 11) is -11.4. The van der Waals surface area contributed by atoms with E-state index >= 15 is 0 Å². The molecule has 2 aliphatic heterocycles. The summed E-state index contributed by atoms with van der Waals surface area (Å²) in [6, 6.07) is 1.22. The van der Waals surface area contributed by atoms with Crippen LogP contribution in [0.1, 0.15) is 129 Å². The third kappa shape index (κ3) is 28.6. The summed E-state index contributed by atoms with van der Waals surface area (Å²) in [5.41, 5.74) is 4.75. The SMILES string of the molecule is CC/C=C\C/C=C\C/C=C\C/C=C\C/C=C\C/C=C\CCC(=O)O[C@@H]1COC(=O)CCCC=CC[C@@H]2[C@H](n3ccc(N)nc3=O)O[C@H](COP(=O)(O)OP(=O)(O)OC1)[C@@H](O)[C@@H](O)[C@@H](/C=C/[C@@H](O)CCCCC)OC(O)C[C@@H]2O. The molecular formula is C54H83N3O19P2. The van der Waals surface area contributed by atoms with Gasteiger partial charge in [0, 0.05) is 31.4 Å². The number of aliphatic hydroxyl groups is 5. The van der Waals surface area contributed by atoms with Crippen molar-refractivity contribution in [2.45, 2.75) is 178 Å². The fourth-order valence-corrected chi connectivity index (χ4v) is 9.89. The van der Waals surface area contributed by atoms with E-state index in [0.717, 1.165) is 55.7 Å². The van der Waals surface area contributed by atoms with E-state index in [1.54, 1.807) is 18.2 Å². The molecule has 0 spiro atoms. The molecule has 12 atom stereocenters. The number of phosphoric acid groups is 2. The number of carbonyl (C=O) groups excluding carboxylic acids is 2. The first-order valence-corrected chi connectivity index (χ1v) is 29.6. The van der Waals surface area contributed by atoms with Crippen LogP contribution in [-0.4, -0.2) is 126 Å². The van der Waals surface area contributed by atoms with Gasteiger partial charge in [0.25, 0.3) is 0 Å². The molecule has 0 saturated carbocycles. The van der Waals surface area contributed by atoms with Crippen molar-refractivity contribution in [2.24, 2.45) is 5.92 Å². The second-order valence-electron chi connectivity index (χ2n) is 18.5. The molecule has 1 fully saturated rings. The van der Waals surface area contributed by atoms with Gasteiger partial charge in [-0.25, -0.2) is 13.9 Å². The molecule has 2 aliphatic rings. The molecular weight excluding hydrogens is 1060 g/mol. The van der Waals surface area contributed by atoms with Crippen LogP contribution in [0.25, 0.3) is 0 Å². The van der Waals surface area contributed by atoms with Crippen LogP contribution in [0.15, 0.2) is 114 Å². The molecule has 0 aromatic carbocycles. The Labute approximate surface area is 457 Å². The van der Waals surface area contributed by atoms with E-state index in [9.17, 15) is 58.8 Å². The monoisotopic (exact) mass is 1140 g/mol. The maximum absolute atomic E-state index is 13.4. The van der Waals surface area contributed by atoms with Crippen molar-refractivity contribution in [1.82, 2.24) is 9.55 Å². The highest BCUT2D eigenvalue weighted by Crippen LogP contribution is 2.60. The lowest BCUT2D eigenvalue weighted by molar-refractivity contribution is -0.192. The Bertz CT molecular complexity index is 2320. The predicted molar refractivity (Wildman–Crippen MR) is 292 cm³/mol. The summed E-state index contributed by atoms with van der Waals surface area (Å²) in [4.78, 5) is 64.3. The minimum atomic E-state index is -5.76. The number of phosphoric ester groups is 2. The lowest BCUT2D eigenvalue weighted by atomic mass is 9.92. The number of esters is 2. The normalized spacial score (nSPS) is 29.7. The van der Waals surface area contributed by atoms with Crippen LogP contribution >= 0.6 is 15.6 Å². The number of hydrogen-bond acceptors (Lipinski definition) is 19. The highest BCUT2D eigenvalue weighted by molar-refractivity contribution is 7.61. The molecule has 9 N–H and O–H groups in total. The number of hydrogen-bond donors (Lipinski definition) is 8. The minimum Gasteiger partial charge on any atom is -0.462 e. The number of nitrogens with zero attached hydrogens (tertiary/aromatic N) is 2. The Morgan fingerprint density at radius 3 is 2.06 bits per heavy atom. The number of carbonyl (C=O) groups is 2. The van der Waals surface area contributed by atoms with Crippen LogP contribution in [-0.2, 0) is 51.0 Å². The molecule has 78 heavy (non-hydrogen) atoms. The first-order valence-electron chi connectivity index (χ1n) is 26.6. The Kier molecular flexibility index (Phi) is 33.2. The topological polar surface area (TPSA) is 335 Å².